The highest BCUT2D eigenvalue weighted by molar-refractivity contribution is 7.71. The molecule has 6 heteroatoms. The molecule has 2 aromatic rings. The Morgan fingerprint density at radius 1 is 1.12 bits per heavy atom. The first-order chi connectivity index (χ1) is 12.2. The second kappa shape index (κ2) is 10.8. The van der Waals surface area contributed by atoms with Crippen LogP contribution in [-0.4, -0.2) is 27.7 Å². The van der Waals surface area contributed by atoms with Crippen molar-refractivity contribution in [1.82, 2.24) is 14.9 Å². The Kier molecular flexibility index (Phi) is 8.39. The number of aromatic amines is 1. The topological polar surface area (TPSA) is 55.2 Å². The molecule has 0 bridgehead atoms. The lowest BCUT2D eigenvalue weighted by molar-refractivity contribution is 0.305. The largest absolute Gasteiger partial charge is 0.494 e. The summed E-state index contributed by atoms with van der Waals surface area (Å²) < 4.78 is 7.98. The number of hydrogen-bond donors (Lipinski definition) is 1. The summed E-state index contributed by atoms with van der Waals surface area (Å²) >= 11 is 5.25. The molecule has 136 valence electrons. The summed E-state index contributed by atoms with van der Waals surface area (Å²) in [4.78, 5) is 0. The summed E-state index contributed by atoms with van der Waals surface area (Å²) in [6, 6.07) is 7.96. The lowest BCUT2D eigenvalue weighted by atomic mass is 10.2. The summed E-state index contributed by atoms with van der Waals surface area (Å²) in [7, 11) is 0. The van der Waals surface area contributed by atoms with Crippen LogP contribution in [0.15, 0.2) is 29.4 Å². The molecule has 0 spiro atoms. The molecule has 1 N–H and O–H groups in total. The van der Waals surface area contributed by atoms with E-state index in [-0.39, 0.29) is 0 Å². The molecule has 0 unspecified atom stereocenters. The molecule has 0 saturated carbocycles. The van der Waals surface area contributed by atoms with Crippen LogP contribution in [0, 0.1) is 4.77 Å². The van der Waals surface area contributed by atoms with E-state index in [1.807, 2.05) is 24.3 Å². The van der Waals surface area contributed by atoms with Gasteiger partial charge in [-0.25, -0.2) is 0 Å². The molecular formula is C19H28N4OS. The molecule has 0 aliphatic rings. The number of nitrogens with one attached hydrogen (secondary N) is 1. The van der Waals surface area contributed by atoms with Crippen LogP contribution in [0.3, 0.4) is 0 Å². The summed E-state index contributed by atoms with van der Waals surface area (Å²) in [5.41, 5.74) is 1.00. The quantitative estimate of drug-likeness (QED) is 0.343. The van der Waals surface area contributed by atoms with Gasteiger partial charge in [0.05, 0.1) is 12.8 Å². The highest BCUT2D eigenvalue weighted by Crippen LogP contribution is 2.12. The van der Waals surface area contributed by atoms with Crippen molar-refractivity contribution in [3.05, 3.63) is 40.4 Å². The van der Waals surface area contributed by atoms with Crippen molar-refractivity contribution in [3.63, 3.8) is 0 Å². The average molecular weight is 361 g/mol. The third kappa shape index (κ3) is 6.46. The molecule has 1 aromatic carbocycles. The molecule has 1 aromatic heterocycles. The molecule has 0 amide bonds. The zero-order chi connectivity index (χ0) is 17.9. The van der Waals surface area contributed by atoms with Gasteiger partial charge in [-0.2, -0.15) is 14.9 Å². The van der Waals surface area contributed by atoms with E-state index in [1.54, 1.807) is 10.9 Å². The van der Waals surface area contributed by atoms with E-state index in [1.165, 1.54) is 19.3 Å². The van der Waals surface area contributed by atoms with E-state index >= 15 is 0 Å². The Hall–Kier alpha value is -1.95. The Bertz CT molecular complexity index is 703. The molecule has 0 aliphatic heterocycles. The number of ether oxygens (including phenoxy) is 1. The van der Waals surface area contributed by atoms with Crippen LogP contribution in [0.5, 0.6) is 5.75 Å². The van der Waals surface area contributed by atoms with Crippen molar-refractivity contribution >= 4 is 18.4 Å². The van der Waals surface area contributed by atoms with Crippen LogP contribution >= 0.6 is 12.2 Å². The van der Waals surface area contributed by atoms with Crippen LogP contribution < -0.4 is 4.74 Å². The first-order valence-corrected chi connectivity index (χ1v) is 9.59. The summed E-state index contributed by atoms with van der Waals surface area (Å²) in [5.74, 6) is 1.77. The maximum absolute atomic E-state index is 5.76. The van der Waals surface area contributed by atoms with Crippen LogP contribution in [0.2, 0.25) is 0 Å². The van der Waals surface area contributed by atoms with Crippen molar-refractivity contribution in [1.29, 1.82) is 0 Å². The number of hydrogen-bond acceptors (Lipinski definition) is 4. The van der Waals surface area contributed by atoms with Crippen LogP contribution in [0.25, 0.3) is 0 Å². The smallest absolute Gasteiger partial charge is 0.216 e. The lowest BCUT2D eigenvalue weighted by Gasteiger charge is -2.06. The van der Waals surface area contributed by atoms with Gasteiger partial charge >= 0.3 is 0 Å². The van der Waals surface area contributed by atoms with Gasteiger partial charge in [0.2, 0.25) is 4.77 Å². The average Bonchev–Trinajstić information content (AvgIpc) is 2.99. The maximum atomic E-state index is 5.76. The summed E-state index contributed by atoms with van der Waals surface area (Å²) in [6.45, 7) is 5.14. The van der Waals surface area contributed by atoms with Gasteiger partial charge in [-0.3, -0.25) is 5.10 Å². The van der Waals surface area contributed by atoms with E-state index in [0.717, 1.165) is 49.4 Å². The molecule has 0 radical (unpaired) electrons. The second-order valence-corrected chi connectivity index (χ2v) is 6.47. The predicted molar refractivity (Wildman–Crippen MR) is 105 cm³/mol. The number of unbranched alkanes of at least 4 members (excludes halogenated alkanes) is 4. The fourth-order valence-corrected chi connectivity index (χ4v) is 2.63. The van der Waals surface area contributed by atoms with Crippen LogP contribution in [0.4, 0.5) is 0 Å². The molecule has 2 rings (SSSR count). The molecular weight excluding hydrogens is 332 g/mol. The van der Waals surface area contributed by atoms with Crippen molar-refractivity contribution in [2.75, 3.05) is 6.61 Å². The minimum Gasteiger partial charge on any atom is -0.494 e. The summed E-state index contributed by atoms with van der Waals surface area (Å²) in [6.07, 6.45) is 9.70. The minimum atomic E-state index is 0.523. The Morgan fingerprint density at radius 3 is 2.60 bits per heavy atom. The number of benzene rings is 1. The predicted octanol–water partition coefficient (Wildman–Crippen LogP) is 5.12. The minimum absolute atomic E-state index is 0.523. The Balaban J connectivity index is 1.91. The monoisotopic (exact) mass is 360 g/mol. The van der Waals surface area contributed by atoms with Gasteiger partial charge in [0.25, 0.3) is 0 Å². The fraction of sp³-hybridized carbons (Fsp3) is 0.526. The van der Waals surface area contributed by atoms with E-state index in [4.69, 9.17) is 17.0 Å². The number of nitrogens with zero attached hydrogens (tertiary/aromatic N) is 3. The SMILES string of the molecule is CCCCCCOc1ccc(/C=N/n2c(CCCC)n[nH]c2=S)cc1. The molecule has 0 aliphatic carbocycles. The first kappa shape index (κ1) is 19.4. The van der Waals surface area contributed by atoms with Gasteiger partial charge in [-0.15, -0.1) is 0 Å². The Morgan fingerprint density at radius 2 is 1.88 bits per heavy atom. The first-order valence-electron chi connectivity index (χ1n) is 9.18. The van der Waals surface area contributed by atoms with Gasteiger partial charge in [0.15, 0.2) is 5.82 Å². The maximum Gasteiger partial charge on any atom is 0.216 e. The molecule has 0 saturated heterocycles. The highest BCUT2D eigenvalue weighted by atomic mass is 32.1. The second-order valence-electron chi connectivity index (χ2n) is 6.08. The number of aryl methyl sites for hydroxylation is 1. The third-order valence-electron chi connectivity index (χ3n) is 3.94. The fourth-order valence-electron chi connectivity index (χ4n) is 2.43. The lowest BCUT2D eigenvalue weighted by Crippen LogP contribution is -1.99. The van der Waals surface area contributed by atoms with E-state index in [0.29, 0.717) is 4.77 Å². The van der Waals surface area contributed by atoms with Crippen LogP contribution in [-0.2, 0) is 6.42 Å². The van der Waals surface area contributed by atoms with Crippen molar-refractivity contribution in [3.8, 4) is 5.75 Å². The van der Waals surface area contributed by atoms with Crippen LogP contribution in [0.1, 0.15) is 63.8 Å². The standard InChI is InChI=1S/C19H28N4OS/c1-3-5-7-8-14-24-17-12-10-16(11-13-17)15-20-23-18(9-6-4-2)21-22-19(23)25/h10-13,15H,3-9,14H2,1-2H3,(H,22,25)/b20-15+. The molecule has 25 heavy (non-hydrogen) atoms. The number of rotatable bonds is 11. The third-order valence-corrected chi connectivity index (χ3v) is 4.20. The van der Waals surface area contributed by atoms with Gasteiger partial charge in [0, 0.05) is 6.42 Å². The molecule has 5 nitrogen and oxygen atoms in total. The zero-order valence-electron chi connectivity index (χ0n) is 15.2. The summed E-state index contributed by atoms with van der Waals surface area (Å²) in [5, 5.41) is 11.5. The van der Waals surface area contributed by atoms with Crippen molar-refractivity contribution in [2.45, 2.75) is 58.8 Å². The number of H-pyrrole nitrogens is 1. The number of aromatic nitrogens is 3. The van der Waals surface area contributed by atoms with Gasteiger partial charge in [-0.05, 0) is 54.9 Å². The van der Waals surface area contributed by atoms with E-state index in [9.17, 15) is 0 Å². The van der Waals surface area contributed by atoms with Gasteiger partial charge < -0.3 is 4.74 Å². The molecule has 0 fully saturated rings. The van der Waals surface area contributed by atoms with Crippen molar-refractivity contribution in [2.24, 2.45) is 5.10 Å². The Labute approximate surface area is 155 Å². The normalized spacial score (nSPS) is 11.3. The van der Waals surface area contributed by atoms with Crippen molar-refractivity contribution < 1.29 is 4.74 Å². The molecule has 0 atom stereocenters. The van der Waals surface area contributed by atoms with E-state index in [2.05, 4.69) is 29.1 Å². The zero-order valence-corrected chi connectivity index (χ0v) is 16.0. The van der Waals surface area contributed by atoms with Gasteiger partial charge in [-0.1, -0.05) is 39.5 Å². The highest BCUT2D eigenvalue weighted by Gasteiger charge is 2.03. The van der Waals surface area contributed by atoms with E-state index < -0.39 is 0 Å². The van der Waals surface area contributed by atoms with Gasteiger partial charge in [0.1, 0.15) is 5.75 Å². The molecule has 1 heterocycles.